The van der Waals surface area contributed by atoms with Crippen LogP contribution in [0.5, 0.6) is 0 Å². The van der Waals surface area contributed by atoms with Crippen LogP contribution >= 0.6 is 0 Å². The fourth-order valence-electron chi connectivity index (χ4n) is 4.78. The molecule has 2 amide bonds. The molecule has 5 rings (SSSR count). The lowest BCUT2D eigenvalue weighted by Gasteiger charge is -2.39. The topological polar surface area (TPSA) is 89.4 Å². The van der Waals surface area contributed by atoms with Crippen LogP contribution in [0.25, 0.3) is 11.0 Å². The molecule has 2 aromatic heterocycles. The van der Waals surface area contributed by atoms with Gasteiger partial charge in [-0.05, 0) is 49.9 Å². The second-order valence-corrected chi connectivity index (χ2v) is 8.65. The van der Waals surface area contributed by atoms with Crippen LogP contribution in [0.15, 0.2) is 55.1 Å². The van der Waals surface area contributed by atoms with Gasteiger partial charge in [0.25, 0.3) is 5.91 Å². The number of piperidine rings is 1. The van der Waals surface area contributed by atoms with Crippen molar-refractivity contribution in [2.75, 3.05) is 19.6 Å². The van der Waals surface area contributed by atoms with Gasteiger partial charge < -0.3 is 19.5 Å². The molecule has 32 heavy (non-hydrogen) atoms. The van der Waals surface area contributed by atoms with Gasteiger partial charge in [0.1, 0.15) is 6.54 Å². The Kier molecular flexibility index (Phi) is 5.61. The van der Waals surface area contributed by atoms with E-state index in [2.05, 4.69) is 15.3 Å². The third-order valence-electron chi connectivity index (χ3n) is 6.60. The third kappa shape index (κ3) is 4.23. The summed E-state index contributed by atoms with van der Waals surface area (Å²) >= 11 is 0. The van der Waals surface area contributed by atoms with E-state index in [4.69, 9.17) is 4.74 Å². The smallest absolute Gasteiger partial charge is 0.253 e. The first kappa shape index (κ1) is 20.6. The molecule has 2 saturated heterocycles. The van der Waals surface area contributed by atoms with E-state index in [1.165, 1.54) is 0 Å². The van der Waals surface area contributed by atoms with Crippen LogP contribution in [-0.4, -0.2) is 62.6 Å². The van der Waals surface area contributed by atoms with Crippen LogP contribution in [0.2, 0.25) is 0 Å². The summed E-state index contributed by atoms with van der Waals surface area (Å²) in [6.45, 7) is 2.12. The van der Waals surface area contributed by atoms with Crippen molar-refractivity contribution in [3.8, 4) is 0 Å². The molecule has 3 aromatic rings. The SMILES string of the molecule is O=C(Cn1cnc2ccccc21)NCC1CCC2(CCN(C(=O)c3ccncc3)CC2)O1. The van der Waals surface area contributed by atoms with E-state index in [9.17, 15) is 9.59 Å². The van der Waals surface area contributed by atoms with Gasteiger partial charge in [-0.3, -0.25) is 14.6 Å². The van der Waals surface area contributed by atoms with Gasteiger partial charge in [0, 0.05) is 37.6 Å². The van der Waals surface area contributed by atoms with E-state index in [0.29, 0.717) is 25.2 Å². The number of para-hydroxylation sites is 2. The summed E-state index contributed by atoms with van der Waals surface area (Å²) in [6.07, 6.45) is 8.56. The number of carbonyl (C=O) groups excluding carboxylic acids is 2. The van der Waals surface area contributed by atoms with E-state index < -0.39 is 0 Å². The molecule has 2 aliphatic rings. The Morgan fingerprint density at radius 2 is 1.88 bits per heavy atom. The average Bonchev–Trinajstić information content (AvgIpc) is 3.43. The zero-order valence-electron chi connectivity index (χ0n) is 17.9. The predicted octanol–water partition coefficient (Wildman–Crippen LogP) is 2.40. The van der Waals surface area contributed by atoms with Gasteiger partial charge in [-0.25, -0.2) is 4.98 Å². The lowest BCUT2D eigenvalue weighted by Crippen LogP contribution is -2.47. The number of carbonyl (C=O) groups is 2. The van der Waals surface area contributed by atoms with Crippen molar-refractivity contribution in [1.82, 2.24) is 24.8 Å². The maximum absolute atomic E-state index is 12.7. The second-order valence-electron chi connectivity index (χ2n) is 8.65. The molecule has 0 aliphatic carbocycles. The molecule has 1 unspecified atom stereocenters. The van der Waals surface area contributed by atoms with Crippen LogP contribution in [0, 0.1) is 0 Å². The van der Waals surface area contributed by atoms with Crippen molar-refractivity contribution < 1.29 is 14.3 Å². The number of fused-ring (bicyclic) bond motifs is 1. The Morgan fingerprint density at radius 3 is 2.69 bits per heavy atom. The Morgan fingerprint density at radius 1 is 1.09 bits per heavy atom. The number of benzene rings is 1. The molecule has 0 bridgehead atoms. The summed E-state index contributed by atoms with van der Waals surface area (Å²) in [5.74, 6) is 0.00607. The number of ether oxygens (including phenoxy) is 1. The number of hydrogen-bond donors (Lipinski definition) is 1. The Labute approximate surface area is 186 Å². The molecule has 166 valence electrons. The summed E-state index contributed by atoms with van der Waals surface area (Å²) in [5.41, 5.74) is 2.33. The molecule has 4 heterocycles. The number of amides is 2. The number of hydrogen-bond acceptors (Lipinski definition) is 5. The van der Waals surface area contributed by atoms with Gasteiger partial charge in [0.2, 0.25) is 5.91 Å². The molecule has 1 atom stereocenters. The number of rotatable bonds is 5. The first-order chi connectivity index (χ1) is 15.6. The highest BCUT2D eigenvalue weighted by Crippen LogP contribution is 2.39. The zero-order valence-corrected chi connectivity index (χ0v) is 17.9. The van der Waals surface area contributed by atoms with Gasteiger partial charge in [0.15, 0.2) is 0 Å². The molecule has 1 N–H and O–H groups in total. The molecule has 1 spiro atoms. The molecular formula is C24H27N5O3. The largest absolute Gasteiger partial charge is 0.370 e. The monoisotopic (exact) mass is 433 g/mol. The summed E-state index contributed by atoms with van der Waals surface area (Å²) in [7, 11) is 0. The van der Waals surface area contributed by atoms with Crippen LogP contribution in [0.1, 0.15) is 36.0 Å². The van der Waals surface area contributed by atoms with Gasteiger partial charge in [-0.15, -0.1) is 0 Å². The van der Waals surface area contributed by atoms with Gasteiger partial charge in [-0.1, -0.05) is 12.1 Å². The molecule has 8 heteroatoms. The highest BCUT2D eigenvalue weighted by molar-refractivity contribution is 5.94. The lowest BCUT2D eigenvalue weighted by atomic mass is 9.88. The van der Waals surface area contributed by atoms with E-state index in [1.807, 2.05) is 33.7 Å². The zero-order chi connectivity index (χ0) is 22.0. The van der Waals surface area contributed by atoms with Crippen LogP contribution in [0.3, 0.4) is 0 Å². The van der Waals surface area contributed by atoms with E-state index >= 15 is 0 Å². The molecule has 8 nitrogen and oxygen atoms in total. The van der Waals surface area contributed by atoms with Crippen molar-refractivity contribution in [3.63, 3.8) is 0 Å². The first-order valence-electron chi connectivity index (χ1n) is 11.2. The molecular weight excluding hydrogens is 406 g/mol. The molecule has 2 fully saturated rings. The van der Waals surface area contributed by atoms with Crippen molar-refractivity contribution in [3.05, 3.63) is 60.7 Å². The summed E-state index contributed by atoms with van der Waals surface area (Å²) in [4.78, 5) is 35.3. The summed E-state index contributed by atoms with van der Waals surface area (Å²) in [5, 5.41) is 3.02. The van der Waals surface area contributed by atoms with E-state index in [1.54, 1.807) is 30.9 Å². The summed E-state index contributed by atoms with van der Waals surface area (Å²) in [6, 6.07) is 11.3. The predicted molar refractivity (Wildman–Crippen MR) is 119 cm³/mol. The standard InChI is InChI=1S/C24H27N5O3/c30-22(16-29-17-27-20-3-1-2-4-21(20)29)26-15-19-5-8-24(32-19)9-13-28(14-10-24)23(31)18-6-11-25-12-7-18/h1-4,6-7,11-12,17,19H,5,8-10,13-16H2,(H,26,30). The molecule has 2 aliphatic heterocycles. The van der Waals surface area contributed by atoms with Crippen LogP contribution < -0.4 is 5.32 Å². The van der Waals surface area contributed by atoms with Crippen LogP contribution in [0.4, 0.5) is 0 Å². The number of aromatic nitrogens is 3. The number of nitrogens with zero attached hydrogens (tertiary/aromatic N) is 4. The third-order valence-corrected chi connectivity index (χ3v) is 6.60. The minimum Gasteiger partial charge on any atom is -0.370 e. The number of nitrogens with one attached hydrogen (secondary N) is 1. The number of likely N-dealkylation sites (tertiary alicyclic amines) is 1. The van der Waals surface area contributed by atoms with Crippen molar-refractivity contribution in [1.29, 1.82) is 0 Å². The average molecular weight is 434 g/mol. The maximum Gasteiger partial charge on any atom is 0.253 e. The van der Waals surface area contributed by atoms with E-state index in [-0.39, 0.29) is 30.1 Å². The molecule has 0 saturated carbocycles. The van der Waals surface area contributed by atoms with Gasteiger partial charge >= 0.3 is 0 Å². The normalized spacial score (nSPS) is 20.0. The minimum absolute atomic E-state index is 0.0148. The Bertz CT molecular complexity index is 1110. The molecule has 1 aromatic carbocycles. The van der Waals surface area contributed by atoms with Gasteiger partial charge in [0.05, 0.1) is 29.1 Å². The van der Waals surface area contributed by atoms with Crippen molar-refractivity contribution >= 4 is 22.8 Å². The van der Waals surface area contributed by atoms with Crippen molar-refractivity contribution in [2.24, 2.45) is 0 Å². The van der Waals surface area contributed by atoms with Crippen LogP contribution in [-0.2, 0) is 16.1 Å². The maximum atomic E-state index is 12.7. The fourth-order valence-corrected chi connectivity index (χ4v) is 4.78. The summed E-state index contributed by atoms with van der Waals surface area (Å²) < 4.78 is 8.26. The number of imidazole rings is 1. The fraction of sp³-hybridized carbons (Fsp3) is 0.417. The quantitative estimate of drug-likeness (QED) is 0.667. The van der Waals surface area contributed by atoms with Gasteiger partial charge in [-0.2, -0.15) is 0 Å². The minimum atomic E-state index is -0.176. The number of pyridine rings is 1. The Hall–Kier alpha value is -3.26. The Balaban J connectivity index is 1.10. The first-order valence-corrected chi connectivity index (χ1v) is 11.2. The van der Waals surface area contributed by atoms with Crippen molar-refractivity contribution in [2.45, 2.75) is 43.9 Å². The van der Waals surface area contributed by atoms with E-state index in [0.717, 1.165) is 36.7 Å². The highest BCUT2D eigenvalue weighted by Gasteiger charge is 2.43. The highest BCUT2D eigenvalue weighted by atomic mass is 16.5. The molecule has 0 radical (unpaired) electrons. The lowest BCUT2D eigenvalue weighted by molar-refractivity contribution is -0.123. The second kappa shape index (κ2) is 8.70.